The number of thioether (sulfide) groups is 1. The summed E-state index contributed by atoms with van der Waals surface area (Å²) >= 11 is 1.67. The SMILES string of the molecule is C=C(C)C(=O)OCC(C)SC. The number of carbonyl (C=O) groups is 1. The molecule has 2 nitrogen and oxygen atoms in total. The van der Waals surface area contributed by atoms with E-state index in [9.17, 15) is 4.79 Å². The van der Waals surface area contributed by atoms with Crippen LogP contribution in [0.5, 0.6) is 0 Å². The molecule has 0 spiro atoms. The zero-order valence-corrected chi connectivity index (χ0v) is 8.03. The third-order valence-corrected chi connectivity index (χ3v) is 2.14. The van der Waals surface area contributed by atoms with Crippen LogP contribution < -0.4 is 0 Å². The van der Waals surface area contributed by atoms with Crippen molar-refractivity contribution in [2.45, 2.75) is 19.1 Å². The number of ether oxygens (including phenoxy) is 1. The minimum Gasteiger partial charge on any atom is -0.461 e. The first-order valence-electron chi connectivity index (χ1n) is 3.43. The van der Waals surface area contributed by atoms with Crippen molar-refractivity contribution < 1.29 is 9.53 Å². The zero-order valence-electron chi connectivity index (χ0n) is 7.22. The molecule has 0 bridgehead atoms. The summed E-state index contributed by atoms with van der Waals surface area (Å²) in [7, 11) is 0. The van der Waals surface area contributed by atoms with Crippen molar-refractivity contribution in [3.05, 3.63) is 12.2 Å². The number of rotatable bonds is 4. The lowest BCUT2D eigenvalue weighted by Gasteiger charge is -2.08. The molecule has 0 saturated carbocycles. The Morgan fingerprint density at radius 2 is 2.27 bits per heavy atom. The van der Waals surface area contributed by atoms with E-state index in [4.69, 9.17) is 4.74 Å². The minimum atomic E-state index is -0.300. The van der Waals surface area contributed by atoms with Gasteiger partial charge in [0, 0.05) is 10.8 Å². The maximum atomic E-state index is 10.8. The van der Waals surface area contributed by atoms with Gasteiger partial charge in [-0.15, -0.1) is 0 Å². The van der Waals surface area contributed by atoms with E-state index in [0.717, 1.165) is 0 Å². The van der Waals surface area contributed by atoms with Crippen molar-refractivity contribution >= 4 is 17.7 Å². The Hall–Kier alpha value is -0.440. The molecule has 11 heavy (non-hydrogen) atoms. The molecule has 3 heteroatoms. The van der Waals surface area contributed by atoms with E-state index < -0.39 is 0 Å². The van der Waals surface area contributed by atoms with Crippen LogP contribution in [0, 0.1) is 0 Å². The number of esters is 1. The van der Waals surface area contributed by atoms with Gasteiger partial charge in [-0.05, 0) is 13.2 Å². The van der Waals surface area contributed by atoms with Crippen LogP contribution in [0.15, 0.2) is 12.2 Å². The molecule has 0 fully saturated rings. The summed E-state index contributed by atoms with van der Waals surface area (Å²) < 4.78 is 4.90. The summed E-state index contributed by atoms with van der Waals surface area (Å²) in [4.78, 5) is 10.8. The normalized spacial score (nSPS) is 12.3. The molecule has 0 aliphatic heterocycles. The van der Waals surface area contributed by atoms with E-state index in [-0.39, 0.29) is 5.97 Å². The average molecular weight is 174 g/mol. The molecule has 0 aliphatic rings. The molecule has 1 unspecified atom stereocenters. The standard InChI is InChI=1S/C8H14O2S/c1-6(2)8(9)10-5-7(3)11-4/h7H,1,5H2,2-4H3. The van der Waals surface area contributed by atoms with Crippen molar-refractivity contribution in [2.75, 3.05) is 12.9 Å². The number of hydrogen-bond acceptors (Lipinski definition) is 3. The molecule has 0 radical (unpaired) electrons. The average Bonchev–Trinajstić information content (AvgIpc) is 1.99. The first-order chi connectivity index (χ1) is 5.07. The second-order valence-electron chi connectivity index (χ2n) is 2.43. The van der Waals surface area contributed by atoms with Gasteiger partial charge in [0.05, 0.1) is 0 Å². The Labute approximate surface area is 72.0 Å². The van der Waals surface area contributed by atoms with E-state index in [0.29, 0.717) is 17.4 Å². The second kappa shape index (κ2) is 5.24. The predicted octanol–water partition coefficient (Wildman–Crippen LogP) is 1.86. The fourth-order valence-electron chi connectivity index (χ4n) is 0.384. The van der Waals surface area contributed by atoms with Gasteiger partial charge >= 0.3 is 5.97 Å². The molecule has 0 N–H and O–H groups in total. The monoisotopic (exact) mass is 174 g/mol. The maximum absolute atomic E-state index is 10.8. The summed E-state index contributed by atoms with van der Waals surface area (Å²) in [6.07, 6.45) is 1.99. The molecule has 0 amide bonds. The van der Waals surface area contributed by atoms with Crippen LogP contribution in [0.3, 0.4) is 0 Å². The second-order valence-corrected chi connectivity index (χ2v) is 3.70. The molecule has 0 rings (SSSR count). The molecule has 0 saturated heterocycles. The van der Waals surface area contributed by atoms with Crippen LogP contribution in [0.4, 0.5) is 0 Å². The predicted molar refractivity (Wildman–Crippen MR) is 48.8 cm³/mol. The molecule has 0 aromatic carbocycles. The molecule has 0 aliphatic carbocycles. The van der Waals surface area contributed by atoms with E-state index in [1.54, 1.807) is 18.7 Å². The Morgan fingerprint density at radius 1 is 1.73 bits per heavy atom. The van der Waals surface area contributed by atoms with Crippen LogP contribution in [-0.2, 0) is 9.53 Å². The molecule has 64 valence electrons. The van der Waals surface area contributed by atoms with Crippen LogP contribution >= 0.6 is 11.8 Å². The van der Waals surface area contributed by atoms with Gasteiger partial charge in [-0.25, -0.2) is 4.79 Å². The molecule has 0 aromatic rings. The summed E-state index contributed by atoms with van der Waals surface area (Å²) in [5, 5.41) is 0.360. The Morgan fingerprint density at radius 3 is 2.64 bits per heavy atom. The summed E-state index contributed by atoms with van der Waals surface area (Å²) in [6, 6.07) is 0. The highest BCUT2D eigenvalue weighted by Gasteiger charge is 2.05. The zero-order chi connectivity index (χ0) is 8.85. The van der Waals surface area contributed by atoms with Crippen molar-refractivity contribution in [3.8, 4) is 0 Å². The Balaban J connectivity index is 3.54. The van der Waals surface area contributed by atoms with Gasteiger partial charge in [0.15, 0.2) is 0 Å². The van der Waals surface area contributed by atoms with E-state index >= 15 is 0 Å². The molecular weight excluding hydrogens is 160 g/mol. The highest BCUT2D eigenvalue weighted by molar-refractivity contribution is 7.99. The van der Waals surface area contributed by atoms with Crippen molar-refractivity contribution in [1.82, 2.24) is 0 Å². The largest absolute Gasteiger partial charge is 0.461 e. The van der Waals surface area contributed by atoms with Crippen LogP contribution in [0.25, 0.3) is 0 Å². The van der Waals surface area contributed by atoms with Crippen molar-refractivity contribution in [3.63, 3.8) is 0 Å². The first-order valence-corrected chi connectivity index (χ1v) is 4.72. The van der Waals surface area contributed by atoms with Crippen molar-refractivity contribution in [1.29, 1.82) is 0 Å². The highest BCUT2D eigenvalue weighted by atomic mass is 32.2. The lowest BCUT2D eigenvalue weighted by molar-refractivity contribution is -0.138. The fraction of sp³-hybridized carbons (Fsp3) is 0.625. The fourth-order valence-corrected chi connectivity index (χ4v) is 0.588. The Bertz CT molecular complexity index is 154. The summed E-state index contributed by atoms with van der Waals surface area (Å²) in [6.45, 7) is 7.60. The maximum Gasteiger partial charge on any atom is 0.333 e. The highest BCUT2D eigenvalue weighted by Crippen LogP contribution is 2.05. The van der Waals surface area contributed by atoms with Gasteiger partial charge in [0.25, 0.3) is 0 Å². The minimum absolute atomic E-state index is 0.300. The summed E-state index contributed by atoms with van der Waals surface area (Å²) in [5.41, 5.74) is 0.457. The number of carbonyl (C=O) groups excluding carboxylic acids is 1. The number of hydrogen-bond donors (Lipinski definition) is 0. The lowest BCUT2D eigenvalue weighted by Crippen LogP contribution is -2.13. The molecule has 0 heterocycles. The van der Waals surface area contributed by atoms with Gasteiger partial charge < -0.3 is 4.74 Å². The quantitative estimate of drug-likeness (QED) is 0.480. The third kappa shape index (κ3) is 4.90. The molecular formula is C8H14O2S. The topological polar surface area (TPSA) is 26.3 Å². The van der Waals surface area contributed by atoms with Gasteiger partial charge in [-0.1, -0.05) is 13.5 Å². The first kappa shape index (κ1) is 10.6. The van der Waals surface area contributed by atoms with Crippen molar-refractivity contribution in [2.24, 2.45) is 0 Å². The molecule has 0 aromatic heterocycles. The van der Waals surface area contributed by atoms with Crippen LogP contribution in [0.2, 0.25) is 0 Å². The van der Waals surface area contributed by atoms with E-state index in [1.165, 1.54) is 0 Å². The van der Waals surface area contributed by atoms with Gasteiger partial charge in [-0.2, -0.15) is 11.8 Å². The van der Waals surface area contributed by atoms with E-state index in [2.05, 4.69) is 6.58 Å². The smallest absolute Gasteiger partial charge is 0.333 e. The molecule has 1 atom stereocenters. The van der Waals surface area contributed by atoms with Gasteiger partial charge in [-0.3, -0.25) is 0 Å². The Kier molecular flexibility index (Phi) is 5.03. The van der Waals surface area contributed by atoms with Crippen LogP contribution in [-0.4, -0.2) is 24.1 Å². The summed E-state index contributed by atoms with van der Waals surface area (Å²) in [5.74, 6) is -0.300. The third-order valence-electron chi connectivity index (χ3n) is 1.20. The van der Waals surface area contributed by atoms with E-state index in [1.807, 2.05) is 13.2 Å². The van der Waals surface area contributed by atoms with Gasteiger partial charge in [0.2, 0.25) is 0 Å². The van der Waals surface area contributed by atoms with Crippen LogP contribution in [0.1, 0.15) is 13.8 Å². The van der Waals surface area contributed by atoms with Gasteiger partial charge in [0.1, 0.15) is 6.61 Å². The lowest BCUT2D eigenvalue weighted by atomic mass is 10.4.